The highest BCUT2D eigenvalue weighted by Gasteiger charge is 2.48. The van der Waals surface area contributed by atoms with Crippen molar-refractivity contribution in [3.63, 3.8) is 0 Å². The number of fused-ring (bicyclic) bond motifs is 1. The molecule has 1 heterocycles. The maximum atomic E-state index is 10.5. The number of carboxylic acids is 1. The highest BCUT2D eigenvalue weighted by molar-refractivity contribution is 5.85. The minimum atomic E-state index is -0.674. The molecule has 1 aliphatic heterocycles. The van der Waals surface area contributed by atoms with Crippen LogP contribution in [0.3, 0.4) is 0 Å². The van der Waals surface area contributed by atoms with E-state index in [0.717, 1.165) is 18.9 Å². The maximum Gasteiger partial charge on any atom is 0.320 e. The molecule has 0 aromatic rings. The van der Waals surface area contributed by atoms with Gasteiger partial charge in [-0.05, 0) is 31.2 Å². The zero-order valence-corrected chi connectivity index (χ0v) is 6.93. The maximum absolute atomic E-state index is 10.5. The number of aliphatic carboxylic acids is 1. The second-order valence-corrected chi connectivity index (χ2v) is 3.22. The first-order valence-electron chi connectivity index (χ1n) is 3.75. The molecule has 11 heavy (non-hydrogen) atoms. The summed E-state index contributed by atoms with van der Waals surface area (Å²) in [5.41, 5.74) is 0. The molecule has 0 radical (unpaired) electrons. The van der Waals surface area contributed by atoms with Crippen molar-refractivity contribution in [1.29, 1.82) is 0 Å². The van der Waals surface area contributed by atoms with E-state index < -0.39 is 5.97 Å². The number of carbonyl (C=O) groups is 1. The number of rotatable bonds is 1. The predicted octanol–water partition coefficient (Wildman–Crippen LogP) is 0.491. The van der Waals surface area contributed by atoms with Gasteiger partial charge < -0.3 is 10.4 Å². The van der Waals surface area contributed by atoms with Crippen LogP contribution in [0.5, 0.6) is 0 Å². The Labute approximate surface area is 71.6 Å². The third-order valence-electron chi connectivity index (χ3n) is 2.55. The fourth-order valence-electron chi connectivity index (χ4n) is 1.86. The van der Waals surface area contributed by atoms with E-state index in [1.54, 1.807) is 0 Å². The van der Waals surface area contributed by atoms with Crippen molar-refractivity contribution in [1.82, 2.24) is 5.32 Å². The van der Waals surface area contributed by atoms with Crippen molar-refractivity contribution in [2.45, 2.75) is 18.9 Å². The van der Waals surface area contributed by atoms with Gasteiger partial charge in [0.25, 0.3) is 0 Å². The molecule has 1 saturated carbocycles. The Morgan fingerprint density at radius 2 is 2.27 bits per heavy atom. The lowest BCUT2D eigenvalue weighted by molar-refractivity contribution is -0.140. The van der Waals surface area contributed by atoms with Crippen molar-refractivity contribution in [3.05, 3.63) is 0 Å². The zero-order valence-electron chi connectivity index (χ0n) is 6.12. The van der Waals surface area contributed by atoms with Gasteiger partial charge in [0.15, 0.2) is 0 Å². The molecule has 64 valence electrons. The van der Waals surface area contributed by atoms with E-state index in [1.807, 2.05) is 0 Å². The average molecular weight is 178 g/mol. The lowest BCUT2D eigenvalue weighted by atomic mass is 10.1. The number of nitrogens with one attached hydrogen (secondary N) is 1. The average Bonchev–Trinajstić information content (AvgIpc) is 2.63. The van der Waals surface area contributed by atoms with Gasteiger partial charge in [0.2, 0.25) is 0 Å². The SMILES string of the molecule is Cl.O=C(O)[C@@H]1NCC[C@H]2C[C@H]21. The van der Waals surface area contributed by atoms with Crippen LogP contribution in [-0.2, 0) is 4.79 Å². The normalized spacial score (nSPS) is 40.2. The minimum absolute atomic E-state index is 0. The molecular formula is C7H12ClNO2. The molecule has 0 aromatic carbocycles. The summed E-state index contributed by atoms with van der Waals surface area (Å²) in [5.74, 6) is 0.501. The fraction of sp³-hybridized carbons (Fsp3) is 0.857. The van der Waals surface area contributed by atoms with E-state index in [2.05, 4.69) is 5.32 Å². The molecule has 0 bridgehead atoms. The predicted molar refractivity (Wildman–Crippen MR) is 42.9 cm³/mol. The summed E-state index contributed by atoms with van der Waals surface area (Å²) in [5, 5.41) is 11.7. The molecule has 0 aromatic heterocycles. The van der Waals surface area contributed by atoms with Gasteiger partial charge in [-0.1, -0.05) is 0 Å². The minimum Gasteiger partial charge on any atom is -0.480 e. The summed E-state index contributed by atoms with van der Waals surface area (Å²) in [4.78, 5) is 10.5. The van der Waals surface area contributed by atoms with Crippen molar-refractivity contribution < 1.29 is 9.90 Å². The van der Waals surface area contributed by atoms with Crippen LogP contribution < -0.4 is 5.32 Å². The van der Waals surface area contributed by atoms with Crippen molar-refractivity contribution in [2.75, 3.05) is 6.54 Å². The van der Waals surface area contributed by atoms with Crippen molar-refractivity contribution in [2.24, 2.45) is 11.8 Å². The number of halogens is 1. The molecule has 2 fully saturated rings. The van der Waals surface area contributed by atoms with Crippen LogP contribution >= 0.6 is 12.4 Å². The van der Waals surface area contributed by atoms with Crippen LogP contribution in [0.1, 0.15) is 12.8 Å². The molecule has 3 nitrogen and oxygen atoms in total. The van der Waals surface area contributed by atoms with E-state index >= 15 is 0 Å². The second-order valence-electron chi connectivity index (χ2n) is 3.22. The van der Waals surface area contributed by atoms with E-state index in [9.17, 15) is 4.79 Å². The first-order chi connectivity index (χ1) is 4.79. The Morgan fingerprint density at radius 3 is 2.82 bits per heavy atom. The number of carboxylic acid groups (broad SMARTS) is 1. The molecule has 2 aliphatic rings. The van der Waals surface area contributed by atoms with Crippen LogP contribution in [0.4, 0.5) is 0 Å². The molecule has 2 rings (SSSR count). The largest absolute Gasteiger partial charge is 0.480 e. The molecule has 4 heteroatoms. The van der Waals surface area contributed by atoms with E-state index in [4.69, 9.17) is 5.11 Å². The Bertz CT molecular complexity index is 174. The molecule has 2 N–H and O–H groups in total. The lowest BCUT2D eigenvalue weighted by Crippen LogP contribution is -2.42. The summed E-state index contributed by atoms with van der Waals surface area (Å²) in [6.45, 7) is 0.887. The van der Waals surface area contributed by atoms with E-state index in [-0.39, 0.29) is 18.4 Å². The summed E-state index contributed by atoms with van der Waals surface area (Å²) >= 11 is 0. The standard InChI is InChI=1S/C7H11NO2.ClH/c9-7(10)6-5-3-4(5)1-2-8-6;/h4-6,8H,1-3H2,(H,9,10);1H/t4-,5+,6+;/m0./s1. The van der Waals surface area contributed by atoms with Gasteiger partial charge in [0.1, 0.15) is 6.04 Å². The second kappa shape index (κ2) is 2.99. The highest BCUT2D eigenvalue weighted by atomic mass is 35.5. The smallest absolute Gasteiger partial charge is 0.320 e. The third kappa shape index (κ3) is 1.49. The topological polar surface area (TPSA) is 49.3 Å². The summed E-state index contributed by atoms with van der Waals surface area (Å²) in [7, 11) is 0. The van der Waals surface area contributed by atoms with Gasteiger partial charge in [0, 0.05) is 0 Å². The molecule has 0 amide bonds. The monoisotopic (exact) mass is 177 g/mol. The fourth-order valence-corrected chi connectivity index (χ4v) is 1.86. The van der Waals surface area contributed by atoms with Gasteiger partial charge in [-0.25, -0.2) is 0 Å². The molecule has 0 unspecified atom stereocenters. The quantitative estimate of drug-likeness (QED) is 0.613. The highest BCUT2D eigenvalue weighted by Crippen LogP contribution is 2.45. The molecule has 1 saturated heterocycles. The van der Waals surface area contributed by atoms with E-state index in [1.165, 1.54) is 6.42 Å². The van der Waals surface area contributed by atoms with Crippen LogP contribution in [0, 0.1) is 11.8 Å². The Hall–Kier alpha value is -0.280. The Balaban J connectivity index is 0.000000605. The summed E-state index contributed by atoms with van der Waals surface area (Å²) < 4.78 is 0. The van der Waals surface area contributed by atoms with Gasteiger partial charge in [-0.15, -0.1) is 12.4 Å². The summed E-state index contributed by atoms with van der Waals surface area (Å²) in [6.07, 6.45) is 2.30. The number of hydrogen-bond donors (Lipinski definition) is 2. The number of piperidine rings is 1. The van der Waals surface area contributed by atoms with Crippen molar-refractivity contribution in [3.8, 4) is 0 Å². The Morgan fingerprint density at radius 1 is 1.55 bits per heavy atom. The molecule has 0 spiro atoms. The molecular weight excluding hydrogens is 166 g/mol. The lowest BCUT2D eigenvalue weighted by Gasteiger charge is -2.18. The first-order valence-corrected chi connectivity index (χ1v) is 3.75. The van der Waals surface area contributed by atoms with Gasteiger partial charge in [-0.2, -0.15) is 0 Å². The molecule has 3 atom stereocenters. The van der Waals surface area contributed by atoms with Gasteiger partial charge in [0.05, 0.1) is 0 Å². The van der Waals surface area contributed by atoms with Crippen LogP contribution in [0.2, 0.25) is 0 Å². The summed E-state index contributed by atoms with van der Waals surface area (Å²) in [6, 6.07) is -0.237. The van der Waals surface area contributed by atoms with Crippen LogP contribution in [-0.4, -0.2) is 23.7 Å². The zero-order chi connectivity index (χ0) is 7.14. The van der Waals surface area contributed by atoms with Crippen molar-refractivity contribution >= 4 is 18.4 Å². The Kier molecular flexibility index (Phi) is 2.40. The van der Waals surface area contributed by atoms with E-state index in [0.29, 0.717) is 5.92 Å². The third-order valence-corrected chi connectivity index (χ3v) is 2.55. The van der Waals surface area contributed by atoms with Crippen LogP contribution in [0.15, 0.2) is 0 Å². The van der Waals surface area contributed by atoms with Gasteiger partial charge in [-0.3, -0.25) is 4.79 Å². The first kappa shape index (κ1) is 8.81. The van der Waals surface area contributed by atoms with Gasteiger partial charge >= 0.3 is 5.97 Å². The molecule has 1 aliphatic carbocycles. The number of hydrogen-bond acceptors (Lipinski definition) is 2. The van der Waals surface area contributed by atoms with Crippen LogP contribution in [0.25, 0.3) is 0 Å².